The third-order valence-corrected chi connectivity index (χ3v) is 3.01. The topological polar surface area (TPSA) is 21.3 Å². The number of anilines is 1. The number of rotatable bonds is 5. The van der Waals surface area contributed by atoms with Gasteiger partial charge in [-0.2, -0.15) is 0 Å². The predicted molar refractivity (Wildman–Crippen MR) is 70.0 cm³/mol. The lowest BCUT2D eigenvalue weighted by Gasteiger charge is -2.23. The van der Waals surface area contributed by atoms with E-state index in [0.29, 0.717) is 12.0 Å². The first-order valence-electron chi connectivity index (χ1n) is 5.87. The van der Waals surface area contributed by atoms with E-state index in [1.54, 1.807) is 7.11 Å². The van der Waals surface area contributed by atoms with Gasteiger partial charge in [0.05, 0.1) is 12.6 Å². The molecule has 0 saturated carbocycles. The van der Waals surface area contributed by atoms with Crippen LogP contribution in [0.3, 0.4) is 0 Å². The Balaban J connectivity index is 2.73. The molecule has 1 N–H and O–H groups in total. The minimum Gasteiger partial charge on any atom is -0.383 e. The zero-order valence-electron chi connectivity index (χ0n) is 11.0. The normalized spacial score (nSPS) is 12.9. The van der Waals surface area contributed by atoms with Crippen molar-refractivity contribution in [1.82, 2.24) is 0 Å². The summed E-state index contributed by atoms with van der Waals surface area (Å²) in [6, 6.07) is 6.85. The number of hydrogen-bond donors (Lipinski definition) is 1. The lowest BCUT2D eigenvalue weighted by atomic mass is 10.0. The molecule has 0 aromatic heterocycles. The summed E-state index contributed by atoms with van der Waals surface area (Å²) in [7, 11) is 1.75. The summed E-state index contributed by atoms with van der Waals surface area (Å²) in [4.78, 5) is 0. The van der Waals surface area contributed by atoms with Gasteiger partial charge in [-0.05, 0) is 43.0 Å². The van der Waals surface area contributed by atoms with Gasteiger partial charge in [-0.1, -0.05) is 19.9 Å². The summed E-state index contributed by atoms with van der Waals surface area (Å²) < 4.78 is 5.23. The minimum absolute atomic E-state index is 0.368. The second-order valence-electron chi connectivity index (χ2n) is 4.75. The van der Waals surface area contributed by atoms with E-state index in [-0.39, 0.29) is 0 Å². The fraction of sp³-hybridized carbons (Fsp3) is 0.571. The highest BCUT2D eigenvalue weighted by atomic mass is 16.5. The molecule has 1 atom stereocenters. The maximum absolute atomic E-state index is 5.23. The molecule has 0 aliphatic rings. The largest absolute Gasteiger partial charge is 0.383 e. The Morgan fingerprint density at radius 3 is 2.38 bits per heavy atom. The molecule has 0 bridgehead atoms. The zero-order valence-corrected chi connectivity index (χ0v) is 11.0. The summed E-state index contributed by atoms with van der Waals surface area (Å²) in [6.07, 6.45) is 0. The van der Waals surface area contributed by atoms with Crippen LogP contribution in [0.1, 0.15) is 25.0 Å². The molecule has 0 spiro atoms. The van der Waals surface area contributed by atoms with Crippen molar-refractivity contribution in [1.29, 1.82) is 0 Å². The quantitative estimate of drug-likeness (QED) is 0.823. The van der Waals surface area contributed by atoms with Gasteiger partial charge in [0.25, 0.3) is 0 Å². The highest BCUT2D eigenvalue weighted by molar-refractivity contribution is 5.48. The van der Waals surface area contributed by atoms with E-state index in [0.717, 1.165) is 6.61 Å². The Hall–Kier alpha value is -1.02. The Morgan fingerprint density at radius 1 is 1.19 bits per heavy atom. The molecule has 1 rings (SSSR count). The average molecular weight is 221 g/mol. The standard InChI is InChI=1S/C14H23NO/c1-10(2)14(9-16-5)15-13-7-6-11(3)12(4)8-13/h6-8,10,14-15H,9H2,1-5H3. The third-order valence-electron chi connectivity index (χ3n) is 3.01. The van der Waals surface area contributed by atoms with Gasteiger partial charge in [0, 0.05) is 12.8 Å². The first-order valence-corrected chi connectivity index (χ1v) is 5.87. The number of aryl methyl sites for hydroxylation is 2. The Kier molecular flexibility index (Phi) is 4.81. The van der Waals surface area contributed by atoms with Gasteiger partial charge in [0.2, 0.25) is 0 Å². The van der Waals surface area contributed by atoms with Crippen molar-refractivity contribution in [2.24, 2.45) is 5.92 Å². The van der Waals surface area contributed by atoms with E-state index in [2.05, 4.69) is 51.2 Å². The summed E-state index contributed by atoms with van der Waals surface area (Å²) in [6.45, 7) is 9.43. The fourth-order valence-electron chi connectivity index (χ4n) is 1.63. The van der Waals surface area contributed by atoms with Crippen LogP contribution in [0.15, 0.2) is 18.2 Å². The number of hydrogen-bond acceptors (Lipinski definition) is 2. The highest BCUT2D eigenvalue weighted by Gasteiger charge is 2.12. The van der Waals surface area contributed by atoms with Crippen LogP contribution in [0, 0.1) is 19.8 Å². The van der Waals surface area contributed by atoms with Gasteiger partial charge >= 0.3 is 0 Å². The maximum atomic E-state index is 5.23. The fourth-order valence-corrected chi connectivity index (χ4v) is 1.63. The van der Waals surface area contributed by atoms with Crippen LogP contribution in [0.4, 0.5) is 5.69 Å². The van der Waals surface area contributed by atoms with Crippen LogP contribution in [0.2, 0.25) is 0 Å². The number of methoxy groups -OCH3 is 1. The first-order chi connectivity index (χ1) is 7.54. The molecule has 0 aliphatic heterocycles. The molecule has 0 heterocycles. The average Bonchev–Trinajstić information content (AvgIpc) is 2.22. The van der Waals surface area contributed by atoms with Crippen molar-refractivity contribution >= 4 is 5.69 Å². The third kappa shape index (κ3) is 3.53. The van der Waals surface area contributed by atoms with Crippen LogP contribution in [0.5, 0.6) is 0 Å². The molecule has 0 saturated heterocycles. The highest BCUT2D eigenvalue weighted by Crippen LogP contribution is 2.17. The van der Waals surface area contributed by atoms with Gasteiger partial charge in [0.15, 0.2) is 0 Å². The van der Waals surface area contributed by atoms with Crippen LogP contribution in [0.25, 0.3) is 0 Å². The van der Waals surface area contributed by atoms with Crippen molar-refractivity contribution in [2.45, 2.75) is 33.7 Å². The number of benzene rings is 1. The monoisotopic (exact) mass is 221 g/mol. The molecule has 0 aliphatic carbocycles. The number of nitrogens with one attached hydrogen (secondary N) is 1. The molecule has 2 nitrogen and oxygen atoms in total. The molecule has 90 valence electrons. The van der Waals surface area contributed by atoms with Crippen LogP contribution < -0.4 is 5.32 Å². The van der Waals surface area contributed by atoms with Gasteiger partial charge in [-0.15, -0.1) is 0 Å². The molecule has 0 radical (unpaired) electrons. The molecule has 16 heavy (non-hydrogen) atoms. The van der Waals surface area contributed by atoms with Gasteiger partial charge in [0.1, 0.15) is 0 Å². The summed E-state index contributed by atoms with van der Waals surface area (Å²) >= 11 is 0. The number of ether oxygens (including phenoxy) is 1. The predicted octanol–water partition coefficient (Wildman–Crippen LogP) is 3.39. The van der Waals surface area contributed by atoms with Crippen LogP contribution >= 0.6 is 0 Å². The van der Waals surface area contributed by atoms with Gasteiger partial charge in [-0.3, -0.25) is 0 Å². The Morgan fingerprint density at radius 2 is 1.88 bits per heavy atom. The van der Waals surface area contributed by atoms with Crippen molar-refractivity contribution in [3.05, 3.63) is 29.3 Å². The van der Waals surface area contributed by atoms with E-state index in [9.17, 15) is 0 Å². The summed E-state index contributed by atoms with van der Waals surface area (Å²) in [5, 5.41) is 3.52. The maximum Gasteiger partial charge on any atom is 0.0666 e. The van der Waals surface area contributed by atoms with Crippen LogP contribution in [-0.2, 0) is 4.74 Å². The van der Waals surface area contributed by atoms with E-state index in [1.165, 1.54) is 16.8 Å². The van der Waals surface area contributed by atoms with Crippen molar-refractivity contribution in [3.8, 4) is 0 Å². The minimum atomic E-state index is 0.368. The molecular formula is C14H23NO. The van der Waals surface area contributed by atoms with Crippen LogP contribution in [-0.4, -0.2) is 19.8 Å². The second-order valence-corrected chi connectivity index (χ2v) is 4.75. The van der Waals surface area contributed by atoms with Crippen molar-refractivity contribution in [2.75, 3.05) is 19.0 Å². The van der Waals surface area contributed by atoms with Gasteiger partial charge < -0.3 is 10.1 Å². The smallest absolute Gasteiger partial charge is 0.0666 e. The SMILES string of the molecule is COCC(Nc1ccc(C)c(C)c1)C(C)C. The lowest BCUT2D eigenvalue weighted by Crippen LogP contribution is -2.30. The van der Waals surface area contributed by atoms with Gasteiger partial charge in [-0.25, -0.2) is 0 Å². The van der Waals surface area contributed by atoms with Crippen molar-refractivity contribution < 1.29 is 4.74 Å². The molecule has 1 unspecified atom stereocenters. The lowest BCUT2D eigenvalue weighted by molar-refractivity contribution is 0.171. The molecule has 0 fully saturated rings. The second kappa shape index (κ2) is 5.90. The molecule has 1 aromatic rings. The first kappa shape index (κ1) is 13.0. The summed E-state index contributed by atoms with van der Waals surface area (Å²) in [5.74, 6) is 0.557. The molecule has 0 amide bonds. The Labute approximate surface area is 99.0 Å². The molecular weight excluding hydrogens is 198 g/mol. The summed E-state index contributed by atoms with van der Waals surface area (Å²) in [5.41, 5.74) is 3.84. The van der Waals surface area contributed by atoms with E-state index >= 15 is 0 Å². The van der Waals surface area contributed by atoms with Crippen molar-refractivity contribution in [3.63, 3.8) is 0 Å². The van der Waals surface area contributed by atoms with E-state index < -0.39 is 0 Å². The zero-order chi connectivity index (χ0) is 12.1. The van der Waals surface area contributed by atoms with E-state index in [1.807, 2.05) is 0 Å². The molecule has 2 heteroatoms. The molecule has 1 aromatic carbocycles. The Bertz CT molecular complexity index is 334. The van der Waals surface area contributed by atoms with E-state index in [4.69, 9.17) is 4.74 Å².